The number of rotatable bonds is 2. The van der Waals surface area contributed by atoms with Crippen molar-refractivity contribution in [3.8, 4) is 0 Å². The molecule has 18 heavy (non-hydrogen) atoms. The van der Waals surface area contributed by atoms with Gasteiger partial charge in [-0.2, -0.15) is 0 Å². The van der Waals surface area contributed by atoms with Gasteiger partial charge in [-0.3, -0.25) is 0 Å². The Morgan fingerprint density at radius 1 is 1.28 bits per heavy atom. The molecule has 0 saturated carbocycles. The molecule has 0 aliphatic carbocycles. The smallest absolute Gasteiger partial charge is 0.346 e. The Balaban J connectivity index is 2.38. The fourth-order valence-corrected chi connectivity index (χ4v) is 2.23. The number of benzene rings is 2. The van der Waals surface area contributed by atoms with E-state index in [1.54, 1.807) is 6.07 Å². The summed E-state index contributed by atoms with van der Waals surface area (Å²) in [4.78, 5) is 10.8. The monoisotopic (exact) mass is 242 g/mol. The van der Waals surface area contributed by atoms with Crippen LogP contribution in [0.15, 0.2) is 42.7 Å². The predicted molar refractivity (Wildman–Crippen MR) is 66.0 cm³/mol. The molecular formula is C13H10N2O3. The summed E-state index contributed by atoms with van der Waals surface area (Å²) in [5.74, 6) is -0.972. The van der Waals surface area contributed by atoms with Gasteiger partial charge in [0, 0.05) is 5.39 Å². The summed E-state index contributed by atoms with van der Waals surface area (Å²) in [5, 5.41) is 22.5. The Morgan fingerprint density at radius 3 is 2.83 bits per heavy atom. The Kier molecular flexibility index (Phi) is 2.19. The number of fused-ring (bicyclic) bond motifs is 3. The fraction of sp³-hybridized carbons (Fsp3) is 0.0769. The van der Waals surface area contributed by atoms with Gasteiger partial charge in [-0.1, -0.05) is 18.2 Å². The maximum absolute atomic E-state index is 11.9. The quantitative estimate of drug-likeness (QED) is 0.547. The van der Waals surface area contributed by atoms with E-state index in [0.717, 1.165) is 15.5 Å². The third kappa shape index (κ3) is 1.48. The molecule has 0 radical (unpaired) electrons. The summed E-state index contributed by atoms with van der Waals surface area (Å²) in [6, 6.07) is 11.2. The lowest BCUT2D eigenvalue weighted by Gasteiger charge is -2.00. The van der Waals surface area contributed by atoms with Gasteiger partial charge in [0.2, 0.25) is 6.33 Å². The minimum Gasteiger partial charge on any atom is -0.710 e. The molecule has 0 spiro atoms. The zero-order chi connectivity index (χ0) is 12.7. The summed E-state index contributed by atoms with van der Waals surface area (Å²) in [6.45, 7) is -0.218. The highest BCUT2D eigenvalue weighted by molar-refractivity contribution is 6.02. The number of aliphatic carboxylic acids is 1. The second kappa shape index (κ2) is 3.73. The van der Waals surface area contributed by atoms with Crippen LogP contribution >= 0.6 is 0 Å². The topological polar surface area (TPSA) is 69.2 Å². The van der Waals surface area contributed by atoms with Crippen LogP contribution in [0, 0.1) is 5.21 Å². The van der Waals surface area contributed by atoms with Crippen molar-refractivity contribution in [3.05, 3.63) is 47.9 Å². The number of nitrogens with zero attached hydrogens (tertiary/aromatic N) is 2. The Hall–Kier alpha value is -2.56. The van der Waals surface area contributed by atoms with Crippen LogP contribution in [0.25, 0.3) is 21.8 Å². The summed E-state index contributed by atoms with van der Waals surface area (Å²) < 4.78 is 2.16. The highest BCUT2D eigenvalue weighted by atomic mass is 16.5. The number of hydrogen-bond acceptors (Lipinski definition) is 2. The highest BCUT2D eigenvalue weighted by Gasteiger charge is 2.16. The summed E-state index contributed by atoms with van der Waals surface area (Å²) >= 11 is 0. The minimum atomic E-state index is -0.972. The fourth-order valence-electron chi connectivity index (χ4n) is 2.23. The van der Waals surface area contributed by atoms with Crippen molar-refractivity contribution in [2.45, 2.75) is 6.54 Å². The van der Waals surface area contributed by atoms with Crippen LogP contribution in [0.4, 0.5) is 0 Å². The molecule has 3 aromatic rings. The van der Waals surface area contributed by atoms with E-state index in [9.17, 15) is 10.0 Å². The molecule has 90 valence electrons. The third-order valence-electron chi connectivity index (χ3n) is 2.96. The van der Waals surface area contributed by atoms with E-state index in [-0.39, 0.29) is 6.54 Å². The summed E-state index contributed by atoms with van der Waals surface area (Å²) in [5.41, 5.74) is 1.14. The lowest BCUT2D eigenvalue weighted by Crippen LogP contribution is -2.23. The Morgan fingerprint density at radius 2 is 2.06 bits per heavy atom. The number of hydrogen-bond donors (Lipinski definition) is 1. The van der Waals surface area contributed by atoms with E-state index in [1.165, 1.54) is 10.9 Å². The largest absolute Gasteiger partial charge is 0.710 e. The first-order chi connectivity index (χ1) is 8.66. The van der Waals surface area contributed by atoms with E-state index in [1.807, 2.05) is 30.3 Å². The zero-order valence-corrected chi connectivity index (χ0v) is 9.41. The van der Waals surface area contributed by atoms with Crippen molar-refractivity contribution in [2.75, 3.05) is 0 Å². The van der Waals surface area contributed by atoms with Gasteiger partial charge in [0.25, 0.3) is 0 Å². The van der Waals surface area contributed by atoms with Crippen molar-refractivity contribution in [3.63, 3.8) is 0 Å². The van der Waals surface area contributed by atoms with Crippen molar-refractivity contribution >= 4 is 27.8 Å². The molecule has 0 aliphatic heterocycles. The Labute approximate surface area is 102 Å². The van der Waals surface area contributed by atoms with Gasteiger partial charge in [0.1, 0.15) is 0 Å². The van der Waals surface area contributed by atoms with E-state index < -0.39 is 5.97 Å². The molecule has 1 heterocycles. The minimum absolute atomic E-state index is 0.218. The van der Waals surface area contributed by atoms with Crippen LogP contribution < -0.4 is 4.73 Å². The van der Waals surface area contributed by atoms with Gasteiger partial charge in [0.05, 0.1) is 0 Å². The first-order valence-electron chi connectivity index (χ1n) is 5.48. The van der Waals surface area contributed by atoms with E-state index in [0.29, 0.717) is 11.0 Å². The molecule has 5 nitrogen and oxygen atoms in total. The van der Waals surface area contributed by atoms with Gasteiger partial charge >= 0.3 is 5.97 Å². The first kappa shape index (κ1) is 10.6. The number of carbonyl (C=O) groups is 1. The van der Waals surface area contributed by atoms with Gasteiger partial charge in [-0.15, -0.1) is 0 Å². The molecule has 5 heteroatoms. The molecule has 2 aromatic carbocycles. The van der Waals surface area contributed by atoms with Crippen LogP contribution in [0.2, 0.25) is 0 Å². The van der Waals surface area contributed by atoms with Crippen molar-refractivity contribution in [2.24, 2.45) is 0 Å². The number of imidazole rings is 1. The van der Waals surface area contributed by atoms with Crippen LogP contribution in [-0.4, -0.2) is 15.6 Å². The van der Waals surface area contributed by atoms with Gasteiger partial charge < -0.3 is 10.3 Å². The Bertz CT molecular complexity index is 761. The zero-order valence-electron chi connectivity index (χ0n) is 9.41. The van der Waals surface area contributed by atoms with Gasteiger partial charge in [-0.25, -0.2) is 14.1 Å². The second-order valence-corrected chi connectivity index (χ2v) is 4.12. The summed E-state index contributed by atoms with van der Waals surface area (Å²) in [7, 11) is 0. The standard InChI is InChI=1S/C13H10N2O3/c16-12(17)7-14-8-15(18)13-10-4-2-1-3-9(10)5-6-11(13)14/h1-6,8H,7H2,(H,16,17). The van der Waals surface area contributed by atoms with E-state index >= 15 is 0 Å². The molecule has 0 atom stereocenters. The maximum Gasteiger partial charge on any atom is 0.346 e. The molecule has 3 rings (SSSR count). The van der Waals surface area contributed by atoms with Gasteiger partial charge in [0.15, 0.2) is 17.6 Å². The van der Waals surface area contributed by atoms with Crippen molar-refractivity contribution < 1.29 is 14.6 Å². The molecule has 1 N–H and O–H groups in total. The lowest BCUT2D eigenvalue weighted by molar-refractivity contribution is -0.577. The first-order valence-corrected chi connectivity index (χ1v) is 5.48. The number of aromatic nitrogens is 2. The number of carboxylic acid groups (broad SMARTS) is 1. The molecule has 1 aromatic heterocycles. The summed E-state index contributed by atoms with van der Waals surface area (Å²) in [6.07, 6.45) is 1.27. The lowest BCUT2D eigenvalue weighted by atomic mass is 10.1. The molecule has 0 saturated heterocycles. The SMILES string of the molecule is O=C(O)Cn1c[n+]([O-])c2c3ccccc3ccc21. The van der Waals surface area contributed by atoms with Crippen LogP contribution in [0.1, 0.15) is 0 Å². The molecule has 0 amide bonds. The van der Waals surface area contributed by atoms with Crippen molar-refractivity contribution in [1.29, 1.82) is 0 Å². The molecular weight excluding hydrogens is 232 g/mol. The van der Waals surface area contributed by atoms with Crippen LogP contribution in [0.5, 0.6) is 0 Å². The predicted octanol–water partition coefficient (Wildman–Crippen LogP) is 1.51. The normalized spacial score (nSPS) is 11.1. The van der Waals surface area contributed by atoms with E-state index in [4.69, 9.17) is 5.11 Å². The average Bonchev–Trinajstić information content (AvgIpc) is 2.66. The van der Waals surface area contributed by atoms with Gasteiger partial charge in [-0.05, 0) is 23.6 Å². The molecule has 0 fully saturated rings. The van der Waals surface area contributed by atoms with Crippen LogP contribution in [-0.2, 0) is 11.3 Å². The second-order valence-electron chi connectivity index (χ2n) is 4.12. The van der Waals surface area contributed by atoms with Crippen LogP contribution in [0.3, 0.4) is 0 Å². The number of carboxylic acids is 1. The maximum atomic E-state index is 11.9. The molecule has 0 aliphatic rings. The molecule has 0 unspecified atom stereocenters. The third-order valence-corrected chi connectivity index (χ3v) is 2.96. The average molecular weight is 242 g/mol. The van der Waals surface area contributed by atoms with Crippen molar-refractivity contribution in [1.82, 2.24) is 4.57 Å². The highest BCUT2D eigenvalue weighted by Crippen LogP contribution is 2.22. The van der Waals surface area contributed by atoms with E-state index in [2.05, 4.69) is 0 Å². The molecule has 0 bridgehead atoms.